The van der Waals surface area contributed by atoms with Crippen LogP contribution in [0.3, 0.4) is 0 Å². The third-order valence-corrected chi connectivity index (χ3v) is 10.2. The van der Waals surface area contributed by atoms with E-state index in [0.29, 0.717) is 30.3 Å². The molecule has 3 aromatic rings. The van der Waals surface area contributed by atoms with Crippen LogP contribution in [0.2, 0.25) is 0 Å². The Labute approximate surface area is 300 Å². The molecule has 1 aliphatic carbocycles. The average Bonchev–Trinajstić information content (AvgIpc) is 3.48. The topological polar surface area (TPSA) is 149 Å². The third-order valence-electron chi connectivity index (χ3n) is 9.26. The molecule has 3 heterocycles. The van der Waals surface area contributed by atoms with Gasteiger partial charge < -0.3 is 39.6 Å². The van der Waals surface area contributed by atoms with E-state index in [9.17, 15) is 23.9 Å². The number of carbonyl (C=O) groups is 3. The van der Waals surface area contributed by atoms with Gasteiger partial charge in [-0.05, 0) is 48.9 Å². The Balaban J connectivity index is 1.11. The molecule has 3 fully saturated rings. The molecule has 0 bridgehead atoms. The monoisotopic (exact) mass is 724 g/mol. The summed E-state index contributed by atoms with van der Waals surface area (Å²) in [5, 5.41) is 16.0. The fraction of sp³-hybridized carbons (Fsp3) is 0.514. The van der Waals surface area contributed by atoms with Gasteiger partial charge in [0.25, 0.3) is 5.91 Å². The van der Waals surface area contributed by atoms with Gasteiger partial charge in [-0.3, -0.25) is 14.4 Å². The first-order valence-electron chi connectivity index (χ1n) is 17.2. The maximum atomic E-state index is 14.5. The third kappa shape index (κ3) is 8.68. The fourth-order valence-electron chi connectivity index (χ4n) is 6.16. The van der Waals surface area contributed by atoms with Crippen molar-refractivity contribution in [1.82, 2.24) is 20.5 Å². The number of carbonyl (C=O) groups excluding carboxylic acids is 3. The second-order valence-electron chi connectivity index (χ2n) is 14.3. The van der Waals surface area contributed by atoms with Gasteiger partial charge in [-0.1, -0.05) is 45.0 Å². The highest BCUT2D eigenvalue weighted by molar-refractivity contribution is 7.13. The van der Waals surface area contributed by atoms with E-state index < -0.39 is 47.0 Å². The van der Waals surface area contributed by atoms with Gasteiger partial charge in [0.15, 0.2) is 12.0 Å². The van der Waals surface area contributed by atoms with Crippen LogP contribution in [0.5, 0.6) is 11.5 Å². The number of nitrogens with zero attached hydrogens (tertiary/aromatic N) is 2. The van der Waals surface area contributed by atoms with Crippen LogP contribution in [0.4, 0.5) is 4.39 Å². The first-order chi connectivity index (χ1) is 24.3. The number of amides is 3. The number of ether oxygens (including phenoxy) is 4. The summed E-state index contributed by atoms with van der Waals surface area (Å²) in [4.78, 5) is 46.7. The molecule has 3 N–H and O–H groups in total. The molecule has 1 saturated carbocycles. The van der Waals surface area contributed by atoms with Gasteiger partial charge in [0.05, 0.1) is 35.4 Å². The summed E-state index contributed by atoms with van der Waals surface area (Å²) in [6.45, 7) is 8.84. The highest BCUT2D eigenvalue weighted by atomic mass is 32.1. The second kappa shape index (κ2) is 15.2. The van der Waals surface area contributed by atoms with E-state index in [1.165, 1.54) is 16.2 Å². The molecule has 0 radical (unpaired) electrons. The van der Waals surface area contributed by atoms with Gasteiger partial charge >= 0.3 is 0 Å². The molecule has 12 nitrogen and oxygen atoms in total. The van der Waals surface area contributed by atoms with Crippen molar-refractivity contribution in [1.29, 1.82) is 0 Å². The van der Waals surface area contributed by atoms with E-state index in [2.05, 4.69) is 15.6 Å². The number of rotatable bonds is 13. The zero-order valence-corrected chi connectivity index (χ0v) is 30.1. The van der Waals surface area contributed by atoms with E-state index in [1.54, 1.807) is 26.3 Å². The highest BCUT2D eigenvalue weighted by Gasteiger charge is 2.53. The molecule has 0 unspecified atom stereocenters. The number of thiazole rings is 1. The number of nitrogens with one attached hydrogen (secondary N) is 2. The number of likely N-dealkylation sites (tertiary alicyclic amines) is 1. The smallest absolute Gasteiger partial charge is 0.258 e. The number of aromatic nitrogens is 1. The molecule has 14 heteroatoms. The molecular weight excluding hydrogens is 679 g/mol. The number of hydrogen-bond donors (Lipinski definition) is 3. The maximum absolute atomic E-state index is 14.5. The number of halogens is 1. The van der Waals surface area contributed by atoms with Gasteiger partial charge in [-0.25, -0.2) is 9.37 Å². The number of aliphatic hydroxyl groups excluding tert-OH is 1. The van der Waals surface area contributed by atoms with E-state index in [-0.39, 0.29) is 51.9 Å². The Hall–Kier alpha value is -4.11. The number of hydrogen-bond acceptors (Lipinski definition) is 10. The molecular formula is C37H45FN4O8S. The van der Waals surface area contributed by atoms with Crippen LogP contribution in [0.25, 0.3) is 10.4 Å². The van der Waals surface area contributed by atoms with E-state index in [0.717, 1.165) is 21.7 Å². The standard InChI is InChI=1S/C37H45FN4O8S/c1-22-30(51-21-40-22)24-5-6-25(29(17-24)48-14-13-47-27-9-7-23(8-10-27)34-49-15-16-50-34)19-39-32(44)28-18-26(43)20-42(28)33(45)31(36(2,3)4)41-35(46)37(38)11-12-37/h5-10,17,21,26,28,31,34,43H,11-16,18-20H2,1-4H3,(H,39,44)(H,41,46)/t26-,28+,31-/m1/s1. The number of aryl methyl sites for hydroxylation is 1. The van der Waals surface area contributed by atoms with Crippen LogP contribution in [-0.2, 0) is 30.4 Å². The van der Waals surface area contributed by atoms with Crippen LogP contribution >= 0.6 is 11.3 Å². The SMILES string of the molecule is Cc1ncsc1-c1ccc(CNC(=O)[C@@H]2C[C@@H](O)CN2C(=O)[C@@H](NC(=O)C2(F)CC2)C(C)(C)C)c(OCCOc2ccc(C3OCCO3)cc2)c1. The van der Waals surface area contributed by atoms with E-state index >= 15 is 0 Å². The minimum atomic E-state index is -1.96. The van der Waals surface area contributed by atoms with Crippen molar-refractivity contribution in [2.24, 2.45) is 5.41 Å². The molecule has 3 atom stereocenters. The number of alkyl halides is 1. The number of benzene rings is 2. The van der Waals surface area contributed by atoms with Gasteiger partial charge in [0, 0.05) is 30.6 Å². The number of β-amino-alcohol motifs (C(OH)–C–C–N with tert-alkyl or cyclic N) is 1. The lowest BCUT2D eigenvalue weighted by Crippen LogP contribution is -2.59. The zero-order valence-electron chi connectivity index (χ0n) is 29.3. The quantitative estimate of drug-likeness (QED) is 0.220. The van der Waals surface area contributed by atoms with Crippen LogP contribution in [-0.4, -0.2) is 89.5 Å². The van der Waals surface area contributed by atoms with Crippen molar-refractivity contribution in [3.63, 3.8) is 0 Å². The summed E-state index contributed by atoms with van der Waals surface area (Å²) < 4.78 is 37.7. The van der Waals surface area contributed by atoms with Crippen molar-refractivity contribution in [3.05, 3.63) is 64.8 Å². The number of aliphatic hydroxyl groups is 1. The van der Waals surface area contributed by atoms with Crippen molar-refractivity contribution in [2.45, 2.75) is 83.6 Å². The highest BCUT2D eigenvalue weighted by Crippen LogP contribution is 2.40. The summed E-state index contributed by atoms with van der Waals surface area (Å²) in [6.07, 6.45) is -1.04. The fourth-order valence-corrected chi connectivity index (χ4v) is 6.96. The molecule has 1 aromatic heterocycles. The first kappa shape index (κ1) is 36.7. The molecule has 0 spiro atoms. The van der Waals surface area contributed by atoms with Crippen molar-refractivity contribution in [3.8, 4) is 21.9 Å². The lowest BCUT2D eigenvalue weighted by atomic mass is 9.85. The minimum Gasteiger partial charge on any atom is -0.490 e. The van der Waals surface area contributed by atoms with Crippen molar-refractivity contribution in [2.75, 3.05) is 33.0 Å². The largest absolute Gasteiger partial charge is 0.490 e. The predicted octanol–water partition coefficient (Wildman–Crippen LogP) is 4.23. The molecule has 2 saturated heterocycles. The van der Waals surface area contributed by atoms with Gasteiger partial charge in [0.1, 0.15) is 36.8 Å². The van der Waals surface area contributed by atoms with Crippen LogP contribution in [0, 0.1) is 12.3 Å². The van der Waals surface area contributed by atoms with E-state index in [1.807, 2.05) is 49.4 Å². The summed E-state index contributed by atoms with van der Waals surface area (Å²) in [7, 11) is 0. The van der Waals surface area contributed by atoms with Crippen LogP contribution in [0.1, 0.15) is 63.1 Å². The van der Waals surface area contributed by atoms with Crippen LogP contribution in [0.15, 0.2) is 48.0 Å². The summed E-state index contributed by atoms with van der Waals surface area (Å²) in [6, 6.07) is 11.2. The Bertz CT molecular complexity index is 1720. The summed E-state index contributed by atoms with van der Waals surface area (Å²) >= 11 is 1.52. The molecule has 3 amide bonds. The first-order valence-corrected chi connectivity index (χ1v) is 18.1. The molecule has 6 rings (SSSR count). The minimum absolute atomic E-state index is 0.0292. The Morgan fingerprint density at radius 1 is 1.10 bits per heavy atom. The Kier molecular flexibility index (Phi) is 11.0. The average molecular weight is 725 g/mol. The summed E-state index contributed by atoms with van der Waals surface area (Å²) in [5.74, 6) is -0.611. The Morgan fingerprint density at radius 3 is 2.45 bits per heavy atom. The maximum Gasteiger partial charge on any atom is 0.258 e. The van der Waals surface area contributed by atoms with Crippen molar-refractivity contribution >= 4 is 29.1 Å². The van der Waals surface area contributed by atoms with Crippen molar-refractivity contribution < 1.29 is 42.8 Å². The molecule has 274 valence electrons. The summed E-state index contributed by atoms with van der Waals surface area (Å²) in [5.41, 5.74) is 2.47. The van der Waals surface area contributed by atoms with Gasteiger partial charge in [0.2, 0.25) is 11.8 Å². The zero-order chi connectivity index (χ0) is 36.3. The Morgan fingerprint density at radius 2 is 1.80 bits per heavy atom. The normalized spacial score (nSPS) is 20.5. The molecule has 2 aliphatic heterocycles. The lowest BCUT2D eigenvalue weighted by Gasteiger charge is -2.35. The molecule has 2 aromatic carbocycles. The van der Waals surface area contributed by atoms with E-state index in [4.69, 9.17) is 18.9 Å². The second-order valence-corrected chi connectivity index (χ2v) is 15.1. The van der Waals surface area contributed by atoms with Crippen LogP contribution < -0.4 is 20.1 Å². The lowest BCUT2D eigenvalue weighted by molar-refractivity contribution is -0.145. The molecule has 51 heavy (non-hydrogen) atoms. The molecule has 3 aliphatic rings. The predicted molar refractivity (Wildman–Crippen MR) is 187 cm³/mol. The van der Waals surface area contributed by atoms with Gasteiger partial charge in [-0.15, -0.1) is 11.3 Å². The van der Waals surface area contributed by atoms with Gasteiger partial charge in [-0.2, -0.15) is 0 Å².